The van der Waals surface area contributed by atoms with Crippen molar-refractivity contribution in [2.24, 2.45) is 0 Å². The van der Waals surface area contributed by atoms with E-state index >= 15 is 0 Å². The first-order valence-electron chi connectivity index (χ1n) is 4.95. The number of hydrogen-bond acceptors (Lipinski definition) is 5. The molecule has 1 aromatic rings. The first-order chi connectivity index (χ1) is 8.38. The van der Waals surface area contributed by atoms with Crippen LogP contribution < -0.4 is 5.32 Å². The molecule has 1 heterocycles. The van der Waals surface area contributed by atoms with Gasteiger partial charge >= 0.3 is 11.2 Å². The molecule has 9 heteroatoms. The van der Waals surface area contributed by atoms with Crippen molar-refractivity contribution in [1.29, 1.82) is 0 Å². The fourth-order valence-electron chi connectivity index (χ4n) is 1.12. The highest BCUT2D eigenvalue weighted by Gasteiger charge is 2.27. The number of nitrogens with zero attached hydrogens (tertiary/aromatic N) is 1. The smallest absolute Gasteiger partial charge is 0.371 e. The summed E-state index contributed by atoms with van der Waals surface area (Å²) in [5, 5.41) is 14.9. The number of nitro groups is 1. The predicted octanol–water partition coefficient (Wildman–Crippen LogP) is 2.32. The van der Waals surface area contributed by atoms with E-state index in [1.807, 2.05) is 0 Å². The number of halogens is 3. The molecule has 0 saturated carbocycles. The van der Waals surface area contributed by atoms with Gasteiger partial charge in [-0.05, 0) is 5.56 Å². The molecule has 0 aromatic carbocycles. The Bertz CT molecular complexity index is 395. The van der Waals surface area contributed by atoms with Gasteiger partial charge in [0.15, 0.2) is 0 Å². The maximum absolute atomic E-state index is 11.7. The van der Waals surface area contributed by atoms with Gasteiger partial charge in [-0.15, -0.1) is 0 Å². The Balaban J connectivity index is 2.12. The molecule has 0 unspecified atom stereocenters. The lowest BCUT2D eigenvalue weighted by Crippen LogP contribution is -2.23. The van der Waals surface area contributed by atoms with Crippen LogP contribution in [-0.4, -0.2) is 30.9 Å². The standard InChI is InChI=1S/C9H11F3N2O3S/c10-9(11,12)6-17-2-1-13-4-7-3-8(14(15)16)18-5-7/h3,5,13H,1-2,4,6H2. The molecular formula is C9H11F3N2O3S. The van der Waals surface area contributed by atoms with Gasteiger partial charge in [0.25, 0.3) is 0 Å². The van der Waals surface area contributed by atoms with Gasteiger partial charge in [0.1, 0.15) is 6.61 Å². The highest BCUT2D eigenvalue weighted by Crippen LogP contribution is 2.22. The number of nitrogens with one attached hydrogen (secondary N) is 1. The third kappa shape index (κ3) is 5.94. The minimum atomic E-state index is -4.31. The molecule has 0 radical (unpaired) electrons. The summed E-state index contributed by atoms with van der Waals surface area (Å²) >= 11 is 1.01. The van der Waals surface area contributed by atoms with Crippen LogP contribution >= 0.6 is 11.3 Å². The number of hydrogen-bond donors (Lipinski definition) is 1. The summed E-state index contributed by atoms with van der Waals surface area (Å²) in [4.78, 5) is 9.91. The predicted molar refractivity (Wildman–Crippen MR) is 59.6 cm³/mol. The van der Waals surface area contributed by atoms with Crippen molar-refractivity contribution >= 4 is 16.3 Å². The lowest BCUT2D eigenvalue weighted by Gasteiger charge is -2.07. The summed E-state index contributed by atoms with van der Waals surface area (Å²) in [6.07, 6.45) is -4.31. The van der Waals surface area contributed by atoms with Gasteiger partial charge in [-0.3, -0.25) is 10.1 Å². The lowest BCUT2D eigenvalue weighted by atomic mass is 10.3. The van der Waals surface area contributed by atoms with Gasteiger partial charge in [0.05, 0.1) is 11.5 Å². The van der Waals surface area contributed by atoms with E-state index in [9.17, 15) is 23.3 Å². The zero-order chi connectivity index (χ0) is 13.6. The molecule has 0 atom stereocenters. The second kappa shape index (κ2) is 6.66. The lowest BCUT2D eigenvalue weighted by molar-refractivity contribution is -0.380. The van der Waals surface area contributed by atoms with Crippen molar-refractivity contribution in [3.05, 3.63) is 27.1 Å². The van der Waals surface area contributed by atoms with Gasteiger partial charge in [0, 0.05) is 24.5 Å². The maximum Gasteiger partial charge on any atom is 0.411 e. The average molecular weight is 284 g/mol. The van der Waals surface area contributed by atoms with E-state index in [4.69, 9.17) is 0 Å². The van der Waals surface area contributed by atoms with E-state index in [1.54, 1.807) is 5.38 Å². The summed E-state index contributed by atoms with van der Waals surface area (Å²) in [5.41, 5.74) is 0.725. The fraction of sp³-hybridized carbons (Fsp3) is 0.556. The topological polar surface area (TPSA) is 64.4 Å². The number of ether oxygens (including phenoxy) is 1. The zero-order valence-corrected chi connectivity index (χ0v) is 10.0. The molecule has 1 aromatic heterocycles. The second-order valence-corrected chi connectivity index (χ2v) is 4.28. The third-order valence-corrected chi connectivity index (χ3v) is 2.77. The van der Waals surface area contributed by atoms with Crippen LogP contribution in [0.25, 0.3) is 0 Å². The largest absolute Gasteiger partial charge is 0.411 e. The highest BCUT2D eigenvalue weighted by atomic mass is 32.1. The van der Waals surface area contributed by atoms with Gasteiger partial charge in [-0.1, -0.05) is 11.3 Å². The Kier molecular flexibility index (Phi) is 5.51. The molecule has 0 spiro atoms. The Hall–Kier alpha value is -1.19. The first kappa shape index (κ1) is 14.9. The van der Waals surface area contributed by atoms with Crippen LogP contribution in [0.15, 0.2) is 11.4 Å². The summed E-state index contributed by atoms with van der Waals surface area (Å²) in [7, 11) is 0. The van der Waals surface area contributed by atoms with Crippen molar-refractivity contribution in [1.82, 2.24) is 5.32 Å². The Morgan fingerprint density at radius 1 is 1.50 bits per heavy atom. The Morgan fingerprint density at radius 2 is 2.22 bits per heavy atom. The van der Waals surface area contributed by atoms with Crippen molar-refractivity contribution in [3.8, 4) is 0 Å². The minimum absolute atomic E-state index is 0.0418. The molecule has 0 fully saturated rings. The summed E-state index contributed by atoms with van der Waals surface area (Å²) < 4.78 is 39.5. The zero-order valence-electron chi connectivity index (χ0n) is 9.20. The molecule has 0 aliphatic rings. The molecule has 0 aliphatic carbocycles. The molecule has 0 aliphatic heterocycles. The normalized spacial score (nSPS) is 11.7. The highest BCUT2D eigenvalue weighted by molar-refractivity contribution is 7.13. The van der Waals surface area contributed by atoms with Crippen LogP contribution in [0.5, 0.6) is 0 Å². The number of rotatable bonds is 7. The van der Waals surface area contributed by atoms with Crippen LogP contribution in [0.2, 0.25) is 0 Å². The van der Waals surface area contributed by atoms with E-state index in [1.165, 1.54) is 6.07 Å². The molecule has 5 nitrogen and oxygen atoms in total. The van der Waals surface area contributed by atoms with Crippen molar-refractivity contribution in [3.63, 3.8) is 0 Å². The van der Waals surface area contributed by atoms with Gasteiger partial charge in [-0.2, -0.15) is 13.2 Å². The first-order valence-corrected chi connectivity index (χ1v) is 5.83. The quantitative estimate of drug-likeness (QED) is 0.474. The molecule has 1 rings (SSSR count). The maximum atomic E-state index is 11.7. The van der Waals surface area contributed by atoms with Crippen LogP contribution in [0.1, 0.15) is 5.56 Å². The van der Waals surface area contributed by atoms with E-state index in [0.717, 1.165) is 16.9 Å². The second-order valence-electron chi connectivity index (χ2n) is 3.39. The SMILES string of the molecule is O=[N+]([O-])c1cc(CNCCOCC(F)(F)F)cs1. The van der Waals surface area contributed by atoms with Crippen molar-refractivity contribution < 1.29 is 22.8 Å². The van der Waals surface area contributed by atoms with E-state index in [-0.39, 0.29) is 18.2 Å². The molecule has 18 heavy (non-hydrogen) atoms. The molecule has 0 bridgehead atoms. The Morgan fingerprint density at radius 3 is 2.78 bits per heavy atom. The number of alkyl halides is 3. The average Bonchev–Trinajstić information content (AvgIpc) is 2.70. The van der Waals surface area contributed by atoms with Crippen molar-refractivity contribution in [2.45, 2.75) is 12.7 Å². The van der Waals surface area contributed by atoms with E-state index < -0.39 is 17.7 Å². The molecular weight excluding hydrogens is 273 g/mol. The molecule has 102 valence electrons. The van der Waals surface area contributed by atoms with E-state index in [2.05, 4.69) is 10.1 Å². The van der Waals surface area contributed by atoms with Crippen LogP contribution in [0.3, 0.4) is 0 Å². The molecule has 0 amide bonds. The van der Waals surface area contributed by atoms with Gasteiger partial charge in [0.2, 0.25) is 0 Å². The van der Waals surface area contributed by atoms with Gasteiger partial charge < -0.3 is 10.1 Å². The van der Waals surface area contributed by atoms with E-state index in [0.29, 0.717) is 6.54 Å². The summed E-state index contributed by atoms with van der Waals surface area (Å²) in [5.74, 6) is 0. The molecule has 1 N–H and O–H groups in total. The molecule has 0 saturated heterocycles. The number of thiophene rings is 1. The summed E-state index contributed by atoms with van der Waals surface area (Å²) in [6, 6.07) is 1.42. The fourth-order valence-corrected chi connectivity index (χ4v) is 1.85. The minimum Gasteiger partial charge on any atom is -0.371 e. The Labute approximate surface area is 105 Å². The van der Waals surface area contributed by atoms with Crippen LogP contribution in [-0.2, 0) is 11.3 Å². The van der Waals surface area contributed by atoms with Crippen LogP contribution in [0, 0.1) is 10.1 Å². The monoisotopic (exact) mass is 284 g/mol. The van der Waals surface area contributed by atoms with Crippen molar-refractivity contribution in [2.75, 3.05) is 19.8 Å². The summed E-state index contributed by atoms with van der Waals surface area (Å²) in [6.45, 7) is -0.718. The van der Waals surface area contributed by atoms with Gasteiger partial charge in [-0.25, -0.2) is 0 Å². The van der Waals surface area contributed by atoms with Crippen LogP contribution in [0.4, 0.5) is 18.2 Å². The third-order valence-electron chi connectivity index (χ3n) is 1.84.